The molecule has 1 saturated heterocycles. The van der Waals surface area contributed by atoms with Crippen LogP contribution in [0.2, 0.25) is 0 Å². The van der Waals surface area contributed by atoms with Crippen LogP contribution in [0, 0.1) is 27.6 Å². The molecule has 4 unspecified atom stereocenters. The number of carbonyl (C=O) groups is 2. The molecule has 1 aromatic rings. The van der Waals surface area contributed by atoms with Crippen molar-refractivity contribution in [2.45, 2.75) is 107 Å². The summed E-state index contributed by atoms with van der Waals surface area (Å²) in [6.07, 6.45) is 3.63. The smallest absolute Gasteiger partial charge is 0.469 e. The topological polar surface area (TPSA) is 97.1 Å². The fourth-order valence-corrected chi connectivity index (χ4v) is 6.13. The number of esters is 2. The second kappa shape index (κ2) is 13.8. The summed E-state index contributed by atoms with van der Waals surface area (Å²) in [6, 6.07) is 9.51. The van der Waals surface area contributed by atoms with Gasteiger partial charge in [0.25, 0.3) is 0 Å². The Morgan fingerprint density at radius 3 is 2.20 bits per heavy atom. The predicted molar refractivity (Wildman–Crippen MR) is 161 cm³/mol. The maximum Gasteiger partial charge on any atom is 0.494 e. The summed E-state index contributed by atoms with van der Waals surface area (Å²) in [5, 5.41) is 0. The van der Waals surface area contributed by atoms with Crippen molar-refractivity contribution in [3.05, 3.63) is 30.3 Å². The molecule has 40 heavy (non-hydrogen) atoms. The quantitative estimate of drug-likeness (QED) is 0.171. The number of hydrogen-bond acceptors (Lipinski definition) is 7. The first-order chi connectivity index (χ1) is 18.5. The minimum absolute atomic E-state index is 0.0354. The van der Waals surface area contributed by atoms with Gasteiger partial charge in [-0.05, 0) is 75.1 Å². The van der Waals surface area contributed by atoms with Gasteiger partial charge in [-0.15, -0.1) is 0 Å². The van der Waals surface area contributed by atoms with Gasteiger partial charge in [0.05, 0.1) is 37.3 Å². The van der Waals surface area contributed by atoms with Gasteiger partial charge in [0, 0.05) is 6.04 Å². The zero-order valence-electron chi connectivity index (χ0n) is 26.7. The van der Waals surface area contributed by atoms with E-state index in [1.54, 1.807) is 0 Å². The highest BCUT2D eigenvalue weighted by molar-refractivity contribution is 6.61. The van der Waals surface area contributed by atoms with Crippen molar-refractivity contribution in [1.29, 1.82) is 0 Å². The van der Waals surface area contributed by atoms with E-state index in [0.29, 0.717) is 32.0 Å². The second-order valence-electron chi connectivity index (χ2n) is 13.8. The molecule has 226 valence electrons. The summed E-state index contributed by atoms with van der Waals surface area (Å²) in [5.74, 6) is -0.218. The van der Waals surface area contributed by atoms with Crippen molar-refractivity contribution < 1.29 is 28.4 Å². The van der Waals surface area contributed by atoms with Gasteiger partial charge >= 0.3 is 19.1 Å². The van der Waals surface area contributed by atoms with Gasteiger partial charge in [-0.2, -0.15) is 0 Å². The number of benzene rings is 1. The van der Waals surface area contributed by atoms with Crippen molar-refractivity contribution in [1.82, 2.24) is 0 Å². The Morgan fingerprint density at radius 2 is 1.65 bits per heavy atom. The lowest BCUT2D eigenvalue weighted by Gasteiger charge is -2.55. The summed E-state index contributed by atoms with van der Waals surface area (Å²) in [5.41, 5.74) is 4.87. The molecule has 1 aromatic carbocycles. The first-order valence-corrected chi connectivity index (χ1v) is 14.8. The molecule has 0 radical (unpaired) electrons. The summed E-state index contributed by atoms with van der Waals surface area (Å²) >= 11 is 0. The molecule has 0 saturated carbocycles. The summed E-state index contributed by atoms with van der Waals surface area (Å²) in [6.45, 7) is 19.3. The van der Waals surface area contributed by atoms with Crippen molar-refractivity contribution in [3.63, 3.8) is 0 Å². The standard InChI is InChI=1S/C32H54BNO6/c1-23(2)20-32(9,28(36)37-10)30(6,7)29(4,5)22-31(8,24(3)34)27(35)38-19-15-14-18-26-21-39-33(40-26)25-16-12-11-13-17-25/h11-13,16-17,23-24,26H,14-15,18-22,34H2,1-10H3. The van der Waals surface area contributed by atoms with Gasteiger partial charge in [0.2, 0.25) is 0 Å². The normalized spacial score (nSPS) is 20.1. The molecule has 0 amide bonds. The van der Waals surface area contributed by atoms with Crippen LogP contribution in [-0.2, 0) is 28.4 Å². The van der Waals surface area contributed by atoms with E-state index in [4.69, 9.17) is 24.5 Å². The first-order valence-electron chi connectivity index (χ1n) is 14.8. The molecular weight excluding hydrogens is 505 g/mol. The van der Waals surface area contributed by atoms with Crippen LogP contribution in [0.25, 0.3) is 0 Å². The fraction of sp³-hybridized carbons (Fsp3) is 0.750. The molecule has 1 aliphatic rings. The van der Waals surface area contributed by atoms with E-state index >= 15 is 0 Å². The van der Waals surface area contributed by atoms with Crippen LogP contribution >= 0.6 is 0 Å². The molecule has 1 heterocycles. The summed E-state index contributed by atoms with van der Waals surface area (Å²) < 4.78 is 23.0. The van der Waals surface area contributed by atoms with Gasteiger partial charge in [-0.3, -0.25) is 9.59 Å². The Kier molecular flexibility index (Phi) is 11.9. The summed E-state index contributed by atoms with van der Waals surface area (Å²) in [7, 11) is 1.13. The van der Waals surface area contributed by atoms with Crippen molar-refractivity contribution in [2.75, 3.05) is 20.3 Å². The second-order valence-corrected chi connectivity index (χ2v) is 13.8. The predicted octanol–water partition coefficient (Wildman–Crippen LogP) is 5.53. The lowest BCUT2D eigenvalue weighted by Crippen LogP contribution is -2.55. The molecule has 8 heteroatoms. The van der Waals surface area contributed by atoms with Crippen LogP contribution in [0.4, 0.5) is 0 Å². The average Bonchev–Trinajstić information content (AvgIpc) is 3.36. The highest BCUT2D eigenvalue weighted by Crippen LogP contribution is 2.58. The number of methoxy groups -OCH3 is 1. The maximum atomic E-state index is 13.5. The Labute approximate surface area is 243 Å². The third kappa shape index (κ3) is 7.68. The number of carbonyl (C=O) groups excluding carboxylic acids is 2. The van der Waals surface area contributed by atoms with Gasteiger partial charge in [-0.1, -0.05) is 71.9 Å². The first kappa shape index (κ1) is 34.3. The van der Waals surface area contributed by atoms with Gasteiger partial charge in [-0.25, -0.2) is 0 Å². The van der Waals surface area contributed by atoms with Crippen LogP contribution in [0.1, 0.15) is 94.4 Å². The highest BCUT2D eigenvalue weighted by atomic mass is 16.6. The molecule has 0 bridgehead atoms. The van der Waals surface area contributed by atoms with E-state index in [2.05, 4.69) is 41.5 Å². The van der Waals surface area contributed by atoms with Crippen LogP contribution in [0.3, 0.4) is 0 Å². The number of rotatable bonds is 15. The van der Waals surface area contributed by atoms with Crippen molar-refractivity contribution >= 4 is 24.5 Å². The third-order valence-corrected chi connectivity index (χ3v) is 9.78. The maximum absolute atomic E-state index is 13.5. The average molecular weight is 560 g/mol. The largest absolute Gasteiger partial charge is 0.494 e. The molecule has 7 nitrogen and oxygen atoms in total. The number of ether oxygens (including phenoxy) is 2. The lowest BCUT2D eigenvalue weighted by atomic mass is 9.49. The van der Waals surface area contributed by atoms with Gasteiger partial charge in [0.1, 0.15) is 0 Å². The van der Waals surface area contributed by atoms with Crippen molar-refractivity contribution in [3.8, 4) is 0 Å². The van der Waals surface area contributed by atoms with Gasteiger partial charge in [0.15, 0.2) is 0 Å². The van der Waals surface area contributed by atoms with E-state index < -0.39 is 27.7 Å². The van der Waals surface area contributed by atoms with E-state index in [-0.39, 0.29) is 25.2 Å². The van der Waals surface area contributed by atoms with Crippen molar-refractivity contribution in [2.24, 2.45) is 33.3 Å². The van der Waals surface area contributed by atoms with Crippen LogP contribution in [-0.4, -0.2) is 51.5 Å². The number of unbranched alkanes of at least 4 members (excludes halogenated alkanes) is 1. The molecule has 0 aliphatic carbocycles. The monoisotopic (exact) mass is 559 g/mol. The molecule has 1 aliphatic heterocycles. The molecule has 0 aromatic heterocycles. The highest BCUT2D eigenvalue weighted by Gasteiger charge is 2.58. The molecule has 2 N–H and O–H groups in total. The van der Waals surface area contributed by atoms with Gasteiger partial charge < -0.3 is 24.5 Å². The van der Waals surface area contributed by atoms with Crippen LogP contribution in [0.15, 0.2) is 30.3 Å². The lowest BCUT2D eigenvalue weighted by molar-refractivity contribution is -0.174. The Hall–Kier alpha value is -1.90. The number of nitrogens with two attached hydrogens (primary N) is 1. The molecular formula is C32H54BNO6. The minimum atomic E-state index is -0.916. The molecule has 2 rings (SSSR count). The summed E-state index contributed by atoms with van der Waals surface area (Å²) in [4.78, 5) is 26.6. The van der Waals surface area contributed by atoms with E-state index in [0.717, 1.165) is 24.7 Å². The zero-order chi connectivity index (χ0) is 30.4. The van der Waals surface area contributed by atoms with Crippen LogP contribution < -0.4 is 11.2 Å². The molecule has 1 fully saturated rings. The minimum Gasteiger partial charge on any atom is -0.469 e. The molecule has 4 atom stereocenters. The SMILES string of the molecule is COC(=O)C(C)(CC(C)C)C(C)(C)C(C)(C)CC(C)(C(=O)OCCCCC1COB(c2ccccc2)O1)C(C)N. The van der Waals surface area contributed by atoms with Crippen LogP contribution in [0.5, 0.6) is 0 Å². The Morgan fingerprint density at radius 1 is 1.02 bits per heavy atom. The third-order valence-electron chi connectivity index (χ3n) is 9.78. The zero-order valence-corrected chi connectivity index (χ0v) is 26.7. The fourth-order valence-electron chi connectivity index (χ4n) is 6.13. The molecule has 0 spiro atoms. The number of hydrogen-bond donors (Lipinski definition) is 1. The van der Waals surface area contributed by atoms with E-state index in [1.807, 2.05) is 51.1 Å². The Bertz CT molecular complexity index is 965. The van der Waals surface area contributed by atoms with E-state index in [9.17, 15) is 9.59 Å². The van der Waals surface area contributed by atoms with E-state index in [1.165, 1.54) is 7.11 Å². The Balaban J connectivity index is 1.98.